The summed E-state index contributed by atoms with van der Waals surface area (Å²) < 4.78 is 8.77. The summed E-state index contributed by atoms with van der Waals surface area (Å²) >= 11 is 3.54. The van der Waals surface area contributed by atoms with Crippen molar-refractivity contribution in [2.24, 2.45) is 9.98 Å². The molecule has 3 aliphatic heterocycles. The third-order valence-electron chi connectivity index (χ3n) is 8.97. The molecular formula is C31H31BrN6O3. The molecule has 2 atom stereocenters. The molecule has 41 heavy (non-hydrogen) atoms. The molecule has 0 N–H and O–H groups in total. The van der Waals surface area contributed by atoms with E-state index in [1.165, 1.54) is 30.9 Å². The minimum Gasteiger partial charge on any atom is -0.373 e. The summed E-state index contributed by atoms with van der Waals surface area (Å²) in [6.07, 6.45) is 5.32. The third kappa shape index (κ3) is 4.26. The van der Waals surface area contributed by atoms with Crippen LogP contribution in [0.2, 0.25) is 0 Å². The number of rotatable bonds is 5. The van der Waals surface area contributed by atoms with Crippen LogP contribution in [0.15, 0.2) is 63.5 Å². The number of carbonyl (C=O) groups is 2. The first-order chi connectivity index (χ1) is 20.0. The summed E-state index contributed by atoms with van der Waals surface area (Å²) in [6, 6.07) is 12.0. The number of aromatic nitrogens is 2. The lowest BCUT2D eigenvalue weighted by atomic mass is 9.80. The largest absolute Gasteiger partial charge is 0.373 e. The fourth-order valence-electron chi connectivity index (χ4n) is 6.57. The zero-order valence-electron chi connectivity index (χ0n) is 22.9. The van der Waals surface area contributed by atoms with Gasteiger partial charge in [0.2, 0.25) is 5.91 Å². The molecule has 4 aliphatic rings. The van der Waals surface area contributed by atoms with E-state index in [1.807, 2.05) is 15.6 Å². The van der Waals surface area contributed by atoms with Gasteiger partial charge in [0.1, 0.15) is 12.8 Å². The molecule has 2 amide bonds. The van der Waals surface area contributed by atoms with Gasteiger partial charge in [-0.25, -0.2) is 4.68 Å². The third-order valence-corrected chi connectivity index (χ3v) is 9.61. The maximum atomic E-state index is 14.2. The lowest BCUT2D eigenvalue weighted by molar-refractivity contribution is -0.128. The highest BCUT2D eigenvalue weighted by Crippen LogP contribution is 2.41. The maximum Gasteiger partial charge on any atom is 0.256 e. The van der Waals surface area contributed by atoms with Crippen molar-refractivity contribution in [3.05, 3.63) is 92.3 Å². The smallest absolute Gasteiger partial charge is 0.256 e. The predicted octanol–water partition coefficient (Wildman–Crippen LogP) is 3.57. The first-order valence-electron chi connectivity index (χ1n) is 14.1. The van der Waals surface area contributed by atoms with Crippen molar-refractivity contribution in [3.8, 4) is 5.69 Å². The molecular weight excluding hydrogens is 584 g/mol. The standard InChI is InChI=1S/C31H31BrN6O3/c1-3-26(39)36-15-24-27-23(13-14-37(24)31(40)21-11-12-22(32)29-28(21)33-17-34-29)38(35-30(27)25(16-36)41-2)20-9-7-19(8-10-20)18-5-4-6-18/h3,7-12,18,24-25H,1,4-6,13-17H2,2H3. The minimum absolute atomic E-state index is 0.129. The van der Waals surface area contributed by atoms with Gasteiger partial charge in [-0.1, -0.05) is 25.1 Å². The molecule has 9 nitrogen and oxygen atoms in total. The van der Waals surface area contributed by atoms with Gasteiger partial charge in [-0.2, -0.15) is 5.10 Å². The van der Waals surface area contributed by atoms with E-state index in [-0.39, 0.29) is 11.8 Å². The molecule has 210 valence electrons. The molecule has 2 unspecified atom stereocenters. The van der Waals surface area contributed by atoms with Crippen LogP contribution in [0, 0.1) is 0 Å². The van der Waals surface area contributed by atoms with Crippen LogP contribution in [0.3, 0.4) is 0 Å². The van der Waals surface area contributed by atoms with Crippen molar-refractivity contribution in [2.75, 3.05) is 33.4 Å². The van der Waals surface area contributed by atoms with E-state index < -0.39 is 12.1 Å². The number of ether oxygens (including phenoxy) is 1. The zero-order chi connectivity index (χ0) is 28.2. The van der Waals surface area contributed by atoms with Gasteiger partial charge in [-0.3, -0.25) is 19.6 Å². The number of carbonyl (C=O) groups excluding carboxylic acids is 2. The number of halogens is 1. The minimum atomic E-state index is -0.436. The molecule has 0 spiro atoms. The van der Waals surface area contributed by atoms with Crippen LogP contribution in [0.1, 0.15) is 70.2 Å². The van der Waals surface area contributed by atoms with Crippen molar-refractivity contribution < 1.29 is 14.3 Å². The first kappa shape index (κ1) is 26.3. The van der Waals surface area contributed by atoms with E-state index >= 15 is 0 Å². The molecule has 4 heterocycles. The van der Waals surface area contributed by atoms with Crippen LogP contribution >= 0.6 is 15.9 Å². The maximum absolute atomic E-state index is 14.2. The molecule has 1 aliphatic carbocycles. The number of hydrogen-bond acceptors (Lipinski definition) is 6. The molecule has 1 saturated carbocycles. The number of benzene rings is 2. The molecule has 2 aromatic carbocycles. The quantitative estimate of drug-likeness (QED) is 0.411. The SMILES string of the molecule is C=CC(=O)N1CC(OC)c2nn(-c3ccc(C4CCC4)cc3)c3c2C(C1)N(C(=O)c1ccc(Br)c2c1=NCN=2)CC3. The summed E-state index contributed by atoms with van der Waals surface area (Å²) in [5, 5.41) is 6.42. The molecule has 0 bridgehead atoms. The van der Waals surface area contributed by atoms with Crippen LogP contribution in [0.25, 0.3) is 5.69 Å². The van der Waals surface area contributed by atoms with E-state index in [0.717, 1.165) is 27.1 Å². The van der Waals surface area contributed by atoms with Gasteiger partial charge in [0.15, 0.2) is 0 Å². The molecule has 0 radical (unpaired) electrons. The molecule has 3 aromatic rings. The fourth-order valence-corrected chi connectivity index (χ4v) is 7.02. The Morgan fingerprint density at radius 1 is 1.07 bits per heavy atom. The second kappa shape index (κ2) is 10.3. The molecule has 7 rings (SSSR count). The van der Waals surface area contributed by atoms with Crippen molar-refractivity contribution in [1.82, 2.24) is 19.6 Å². The highest BCUT2D eigenvalue weighted by atomic mass is 79.9. The van der Waals surface area contributed by atoms with Gasteiger partial charge in [0.05, 0.1) is 45.9 Å². The Labute approximate surface area is 246 Å². The van der Waals surface area contributed by atoms with Gasteiger partial charge in [-0.05, 0) is 70.6 Å². The van der Waals surface area contributed by atoms with Crippen LogP contribution in [-0.2, 0) is 16.0 Å². The van der Waals surface area contributed by atoms with Gasteiger partial charge in [0.25, 0.3) is 5.91 Å². The van der Waals surface area contributed by atoms with E-state index in [2.05, 4.69) is 56.8 Å². The van der Waals surface area contributed by atoms with Crippen molar-refractivity contribution in [2.45, 2.75) is 43.7 Å². The van der Waals surface area contributed by atoms with Crippen LogP contribution in [0.5, 0.6) is 0 Å². The Hall–Kier alpha value is -3.63. The molecule has 1 aromatic heterocycles. The number of amides is 2. The number of nitrogens with zero attached hydrogens (tertiary/aromatic N) is 6. The van der Waals surface area contributed by atoms with E-state index in [1.54, 1.807) is 18.1 Å². The number of fused-ring (bicyclic) bond motifs is 1. The van der Waals surface area contributed by atoms with Crippen LogP contribution in [0.4, 0.5) is 0 Å². The van der Waals surface area contributed by atoms with E-state index in [4.69, 9.17) is 9.84 Å². The molecule has 10 heteroatoms. The zero-order valence-corrected chi connectivity index (χ0v) is 24.5. The second-order valence-electron chi connectivity index (χ2n) is 11.1. The normalized spacial score (nSPS) is 21.2. The van der Waals surface area contributed by atoms with E-state index in [0.29, 0.717) is 54.9 Å². The number of hydrogen-bond donors (Lipinski definition) is 0. The van der Waals surface area contributed by atoms with Crippen LogP contribution < -0.4 is 10.7 Å². The van der Waals surface area contributed by atoms with Crippen molar-refractivity contribution in [1.29, 1.82) is 0 Å². The average molecular weight is 616 g/mol. The molecule has 1 fully saturated rings. The lowest BCUT2D eigenvalue weighted by Crippen LogP contribution is -2.47. The Morgan fingerprint density at radius 3 is 2.56 bits per heavy atom. The van der Waals surface area contributed by atoms with Gasteiger partial charge >= 0.3 is 0 Å². The first-order valence-corrected chi connectivity index (χ1v) is 14.9. The Bertz CT molecular complexity index is 1690. The Morgan fingerprint density at radius 2 is 1.85 bits per heavy atom. The highest BCUT2D eigenvalue weighted by Gasteiger charge is 2.43. The Balaban J connectivity index is 1.34. The van der Waals surface area contributed by atoms with Crippen LogP contribution in [-0.4, -0.2) is 64.8 Å². The van der Waals surface area contributed by atoms with Gasteiger partial charge < -0.3 is 14.5 Å². The monoisotopic (exact) mass is 614 g/mol. The summed E-state index contributed by atoms with van der Waals surface area (Å²) in [7, 11) is 1.64. The predicted molar refractivity (Wildman–Crippen MR) is 155 cm³/mol. The average Bonchev–Trinajstić information content (AvgIpc) is 3.57. The molecule has 0 saturated heterocycles. The van der Waals surface area contributed by atoms with Crippen molar-refractivity contribution >= 4 is 27.7 Å². The van der Waals surface area contributed by atoms with E-state index in [9.17, 15) is 9.59 Å². The summed E-state index contributed by atoms with van der Waals surface area (Å²) in [5.41, 5.74) is 5.69. The topological polar surface area (TPSA) is 92.4 Å². The lowest BCUT2D eigenvalue weighted by Gasteiger charge is -2.37. The number of methoxy groups -OCH3 is 1. The van der Waals surface area contributed by atoms with Gasteiger partial charge in [0, 0.05) is 36.7 Å². The van der Waals surface area contributed by atoms with Crippen molar-refractivity contribution in [3.63, 3.8) is 0 Å². The summed E-state index contributed by atoms with van der Waals surface area (Å²) in [5.74, 6) is 0.330. The van der Waals surface area contributed by atoms with Gasteiger partial charge in [-0.15, -0.1) is 0 Å². The summed E-state index contributed by atoms with van der Waals surface area (Å²) in [6.45, 7) is 5.15. The summed E-state index contributed by atoms with van der Waals surface area (Å²) in [4.78, 5) is 39.7. The second-order valence-corrected chi connectivity index (χ2v) is 11.9. The highest BCUT2D eigenvalue weighted by molar-refractivity contribution is 9.10. The Kier molecular flexibility index (Phi) is 6.62. The fraction of sp³-hybridized carbons (Fsp3) is 0.387.